The maximum atomic E-state index is 12.8. The second kappa shape index (κ2) is 5.69. The van der Waals surface area contributed by atoms with Gasteiger partial charge in [0.25, 0.3) is 5.91 Å². The third kappa shape index (κ3) is 2.36. The molecule has 1 aromatic carbocycles. The van der Waals surface area contributed by atoms with Gasteiger partial charge in [-0.25, -0.2) is 0 Å². The summed E-state index contributed by atoms with van der Waals surface area (Å²) in [5.41, 5.74) is 7.64. The molecule has 22 heavy (non-hydrogen) atoms. The first-order chi connectivity index (χ1) is 10.8. The second-order valence-electron chi connectivity index (χ2n) is 7.45. The van der Waals surface area contributed by atoms with Crippen LogP contribution in [0.3, 0.4) is 0 Å². The van der Waals surface area contributed by atoms with Crippen LogP contribution in [0.4, 0.5) is 0 Å². The maximum Gasteiger partial charge on any atom is 0.253 e. The lowest BCUT2D eigenvalue weighted by Gasteiger charge is -2.44. The summed E-state index contributed by atoms with van der Waals surface area (Å²) in [5.74, 6) is 3.58. The summed E-state index contributed by atoms with van der Waals surface area (Å²) in [7, 11) is 0. The Morgan fingerprint density at radius 2 is 1.55 bits per heavy atom. The van der Waals surface area contributed by atoms with E-state index in [4.69, 9.17) is 5.73 Å². The summed E-state index contributed by atoms with van der Waals surface area (Å²) in [6, 6.07) is 8.05. The van der Waals surface area contributed by atoms with Gasteiger partial charge in [-0.05, 0) is 80.0 Å². The number of carbonyl (C=O) groups is 1. The van der Waals surface area contributed by atoms with Gasteiger partial charge >= 0.3 is 0 Å². The van der Waals surface area contributed by atoms with Gasteiger partial charge < -0.3 is 10.6 Å². The largest absolute Gasteiger partial charge is 0.338 e. The van der Waals surface area contributed by atoms with Crippen molar-refractivity contribution < 1.29 is 4.79 Å². The van der Waals surface area contributed by atoms with Crippen LogP contribution in [0.5, 0.6) is 0 Å². The molecule has 1 amide bonds. The highest BCUT2D eigenvalue weighted by molar-refractivity contribution is 5.94. The van der Waals surface area contributed by atoms with Crippen LogP contribution in [0.1, 0.15) is 41.6 Å². The first kappa shape index (κ1) is 14.3. The molecule has 0 aromatic heterocycles. The van der Waals surface area contributed by atoms with E-state index in [1.54, 1.807) is 0 Å². The molecule has 1 saturated heterocycles. The lowest BCUT2D eigenvalue weighted by molar-refractivity contribution is 0.0577. The summed E-state index contributed by atoms with van der Waals surface area (Å²) >= 11 is 0. The molecule has 2 bridgehead atoms. The van der Waals surface area contributed by atoms with Gasteiger partial charge in [0.15, 0.2) is 0 Å². The number of hydrogen-bond donors (Lipinski definition) is 1. The first-order valence-electron chi connectivity index (χ1n) is 8.84. The summed E-state index contributed by atoms with van der Waals surface area (Å²) in [6.07, 6.45) is 6.50. The van der Waals surface area contributed by atoms with E-state index in [9.17, 15) is 4.79 Å². The highest BCUT2D eigenvalue weighted by atomic mass is 16.2. The molecule has 4 fully saturated rings. The van der Waals surface area contributed by atoms with E-state index in [-0.39, 0.29) is 5.91 Å². The number of nitrogens with two attached hydrogens (primary N) is 1. The average molecular weight is 298 g/mol. The van der Waals surface area contributed by atoms with Gasteiger partial charge in [-0.15, -0.1) is 0 Å². The second-order valence-corrected chi connectivity index (χ2v) is 7.45. The molecule has 1 heterocycles. The van der Waals surface area contributed by atoms with Crippen LogP contribution in [0, 0.1) is 23.7 Å². The van der Waals surface area contributed by atoms with Crippen molar-refractivity contribution in [3.8, 4) is 0 Å². The molecule has 2 atom stereocenters. The summed E-state index contributed by atoms with van der Waals surface area (Å²) in [4.78, 5) is 14.9. The van der Waals surface area contributed by atoms with Crippen molar-refractivity contribution in [2.75, 3.05) is 19.6 Å². The topological polar surface area (TPSA) is 46.3 Å². The molecule has 0 spiro atoms. The first-order valence-corrected chi connectivity index (χ1v) is 8.84. The van der Waals surface area contributed by atoms with E-state index in [0.29, 0.717) is 6.54 Å². The molecular formula is C19H26N2O. The van der Waals surface area contributed by atoms with Crippen LogP contribution in [0.15, 0.2) is 24.3 Å². The fraction of sp³-hybridized carbons (Fsp3) is 0.632. The van der Waals surface area contributed by atoms with E-state index in [0.717, 1.165) is 48.7 Å². The molecule has 3 heteroatoms. The number of hydrogen-bond acceptors (Lipinski definition) is 2. The third-order valence-electron chi connectivity index (χ3n) is 6.36. The Hall–Kier alpha value is -1.35. The van der Waals surface area contributed by atoms with Crippen molar-refractivity contribution >= 4 is 5.91 Å². The normalized spacial score (nSPS) is 33.0. The fourth-order valence-corrected chi connectivity index (χ4v) is 5.18. The van der Waals surface area contributed by atoms with Crippen molar-refractivity contribution in [3.63, 3.8) is 0 Å². The van der Waals surface area contributed by atoms with Crippen LogP contribution in [-0.2, 0) is 6.42 Å². The number of amides is 1. The van der Waals surface area contributed by atoms with Gasteiger partial charge in [0.05, 0.1) is 0 Å². The van der Waals surface area contributed by atoms with Crippen LogP contribution in [0.25, 0.3) is 0 Å². The molecule has 3 nitrogen and oxygen atoms in total. The third-order valence-corrected chi connectivity index (χ3v) is 6.36. The predicted octanol–water partition coefficient (Wildman–Crippen LogP) is 2.70. The zero-order valence-electron chi connectivity index (χ0n) is 13.2. The van der Waals surface area contributed by atoms with E-state index in [2.05, 4.69) is 4.90 Å². The molecule has 0 unspecified atom stereocenters. The highest BCUT2D eigenvalue weighted by Gasteiger charge is 2.48. The van der Waals surface area contributed by atoms with Gasteiger partial charge in [0.2, 0.25) is 0 Å². The molecule has 0 radical (unpaired) electrons. The number of rotatable bonds is 3. The van der Waals surface area contributed by atoms with Gasteiger partial charge in [0.1, 0.15) is 0 Å². The zero-order chi connectivity index (χ0) is 15.1. The maximum absolute atomic E-state index is 12.8. The molecule has 1 aliphatic heterocycles. The average Bonchev–Trinajstić information content (AvgIpc) is 3.04. The smallest absolute Gasteiger partial charge is 0.253 e. The predicted molar refractivity (Wildman–Crippen MR) is 87.5 cm³/mol. The minimum Gasteiger partial charge on any atom is -0.338 e. The van der Waals surface area contributed by atoms with Crippen molar-refractivity contribution in [2.24, 2.45) is 29.4 Å². The van der Waals surface area contributed by atoms with Gasteiger partial charge in [-0.3, -0.25) is 4.79 Å². The number of fused-ring (bicyclic) bond motifs is 2. The van der Waals surface area contributed by atoms with E-state index < -0.39 is 0 Å². The lowest BCUT2D eigenvalue weighted by Crippen LogP contribution is -2.38. The van der Waals surface area contributed by atoms with Crippen molar-refractivity contribution in [1.82, 2.24) is 4.90 Å². The lowest BCUT2D eigenvalue weighted by atomic mass is 9.60. The van der Waals surface area contributed by atoms with E-state index >= 15 is 0 Å². The summed E-state index contributed by atoms with van der Waals surface area (Å²) in [6.45, 7) is 2.65. The number of carbonyl (C=O) groups excluding carboxylic acids is 1. The Morgan fingerprint density at radius 3 is 2.05 bits per heavy atom. The monoisotopic (exact) mass is 298 g/mol. The standard InChI is InChI=1S/C19H26N2O/c20-10-9-13-1-3-16(4-2-13)19(22)21-11-17-14-5-6-15(8-7-14)18(17)12-21/h1-4,14-15,17-18H,5-12,20H2/t14?,15?,17-,18+. The molecule has 5 rings (SSSR count). The molecule has 2 N–H and O–H groups in total. The Balaban J connectivity index is 1.47. The molecule has 118 valence electrons. The van der Waals surface area contributed by atoms with Crippen LogP contribution in [-0.4, -0.2) is 30.4 Å². The Kier molecular flexibility index (Phi) is 3.69. The number of likely N-dealkylation sites (tertiary alicyclic amines) is 1. The summed E-state index contributed by atoms with van der Waals surface area (Å²) < 4.78 is 0. The molecule has 1 aromatic rings. The van der Waals surface area contributed by atoms with Crippen LogP contribution >= 0.6 is 0 Å². The quantitative estimate of drug-likeness (QED) is 0.932. The number of benzene rings is 1. The highest BCUT2D eigenvalue weighted by Crippen LogP contribution is 2.51. The Labute approximate surface area is 132 Å². The van der Waals surface area contributed by atoms with Crippen molar-refractivity contribution in [3.05, 3.63) is 35.4 Å². The Morgan fingerprint density at radius 1 is 1.00 bits per heavy atom. The molecule has 3 aliphatic carbocycles. The number of nitrogens with zero attached hydrogens (tertiary/aromatic N) is 1. The molecule has 3 saturated carbocycles. The minimum absolute atomic E-state index is 0.230. The van der Waals surface area contributed by atoms with Gasteiger partial charge in [0, 0.05) is 18.7 Å². The van der Waals surface area contributed by atoms with Crippen molar-refractivity contribution in [1.29, 1.82) is 0 Å². The fourth-order valence-electron chi connectivity index (χ4n) is 5.18. The summed E-state index contributed by atoms with van der Waals surface area (Å²) in [5, 5.41) is 0. The van der Waals surface area contributed by atoms with Crippen LogP contribution in [0.2, 0.25) is 0 Å². The van der Waals surface area contributed by atoms with E-state index in [1.807, 2.05) is 24.3 Å². The van der Waals surface area contributed by atoms with E-state index in [1.165, 1.54) is 31.2 Å². The molecule has 4 aliphatic rings. The Bertz CT molecular complexity index is 525. The zero-order valence-corrected chi connectivity index (χ0v) is 13.2. The van der Waals surface area contributed by atoms with Crippen molar-refractivity contribution in [2.45, 2.75) is 32.1 Å². The van der Waals surface area contributed by atoms with Gasteiger partial charge in [-0.2, -0.15) is 0 Å². The molecular weight excluding hydrogens is 272 g/mol. The SMILES string of the molecule is NCCc1ccc(C(=O)N2C[C@@H]3C4CCC(CC4)[C@@H]3C2)cc1. The van der Waals surface area contributed by atoms with Crippen LogP contribution < -0.4 is 5.73 Å². The van der Waals surface area contributed by atoms with Gasteiger partial charge in [-0.1, -0.05) is 12.1 Å². The minimum atomic E-state index is 0.230.